The van der Waals surface area contributed by atoms with Crippen molar-refractivity contribution >= 4 is 5.69 Å². The van der Waals surface area contributed by atoms with Crippen LogP contribution in [0.2, 0.25) is 0 Å². The van der Waals surface area contributed by atoms with E-state index in [1.807, 2.05) is 6.92 Å². The van der Waals surface area contributed by atoms with Gasteiger partial charge in [-0.2, -0.15) is 0 Å². The summed E-state index contributed by atoms with van der Waals surface area (Å²) < 4.78 is 0. The molecule has 2 nitrogen and oxygen atoms in total. The van der Waals surface area contributed by atoms with Crippen LogP contribution in [0.1, 0.15) is 44.8 Å². The summed E-state index contributed by atoms with van der Waals surface area (Å²) >= 11 is 0. The van der Waals surface area contributed by atoms with E-state index in [2.05, 4.69) is 36.1 Å². The van der Waals surface area contributed by atoms with Crippen molar-refractivity contribution in [3.63, 3.8) is 0 Å². The van der Waals surface area contributed by atoms with Crippen LogP contribution in [0.5, 0.6) is 0 Å². The summed E-state index contributed by atoms with van der Waals surface area (Å²) in [7, 11) is 0. The summed E-state index contributed by atoms with van der Waals surface area (Å²) in [6.45, 7) is 6.46. The molecule has 1 aliphatic carbocycles. The first-order valence-electron chi connectivity index (χ1n) is 6.77. The molecule has 2 rings (SSSR count). The standard InChI is InChI=1S/C15H23NO/c1-3-15(17)13-7-9-14(10-8-13)16(4-2)11-12-5-6-12/h7-10,12,15,17H,3-6,11H2,1-2H3/t15-/m1/s1. The molecule has 1 atom stereocenters. The highest BCUT2D eigenvalue weighted by Gasteiger charge is 2.23. The number of benzene rings is 1. The fourth-order valence-electron chi connectivity index (χ4n) is 2.17. The van der Waals surface area contributed by atoms with E-state index in [1.165, 1.54) is 25.1 Å². The molecule has 0 bridgehead atoms. The Morgan fingerprint density at radius 2 is 1.88 bits per heavy atom. The molecule has 1 fully saturated rings. The molecule has 0 unspecified atom stereocenters. The lowest BCUT2D eigenvalue weighted by Gasteiger charge is -2.23. The number of hydrogen-bond donors (Lipinski definition) is 1. The Bertz CT molecular complexity index is 342. The van der Waals surface area contributed by atoms with E-state index in [1.54, 1.807) is 0 Å². The molecular formula is C15H23NO. The second-order valence-corrected chi connectivity index (χ2v) is 5.00. The lowest BCUT2D eigenvalue weighted by molar-refractivity contribution is 0.173. The third-order valence-corrected chi connectivity index (χ3v) is 3.59. The van der Waals surface area contributed by atoms with E-state index in [9.17, 15) is 5.11 Å². The highest BCUT2D eigenvalue weighted by molar-refractivity contribution is 5.48. The summed E-state index contributed by atoms with van der Waals surface area (Å²) in [6.07, 6.45) is 3.24. The summed E-state index contributed by atoms with van der Waals surface area (Å²) in [5.41, 5.74) is 2.31. The number of nitrogens with zero attached hydrogens (tertiary/aromatic N) is 1. The molecule has 94 valence electrons. The van der Waals surface area contributed by atoms with Gasteiger partial charge in [-0.15, -0.1) is 0 Å². The van der Waals surface area contributed by atoms with Gasteiger partial charge in [-0.25, -0.2) is 0 Å². The van der Waals surface area contributed by atoms with E-state index in [0.29, 0.717) is 0 Å². The fourth-order valence-corrected chi connectivity index (χ4v) is 2.17. The molecule has 0 radical (unpaired) electrons. The third-order valence-electron chi connectivity index (χ3n) is 3.59. The quantitative estimate of drug-likeness (QED) is 0.814. The van der Waals surface area contributed by atoms with Crippen LogP contribution < -0.4 is 4.90 Å². The van der Waals surface area contributed by atoms with Crippen LogP contribution in [-0.4, -0.2) is 18.2 Å². The van der Waals surface area contributed by atoms with Crippen LogP contribution >= 0.6 is 0 Å². The predicted octanol–water partition coefficient (Wildman–Crippen LogP) is 3.37. The zero-order valence-corrected chi connectivity index (χ0v) is 10.9. The Labute approximate surface area is 104 Å². The van der Waals surface area contributed by atoms with E-state index >= 15 is 0 Å². The molecule has 0 saturated heterocycles. The Morgan fingerprint density at radius 3 is 2.35 bits per heavy atom. The minimum atomic E-state index is -0.317. The Hall–Kier alpha value is -1.02. The minimum Gasteiger partial charge on any atom is -0.388 e. The van der Waals surface area contributed by atoms with Gasteiger partial charge in [0.05, 0.1) is 6.10 Å². The maximum Gasteiger partial charge on any atom is 0.0787 e. The number of aliphatic hydroxyl groups is 1. The monoisotopic (exact) mass is 233 g/mol. The average molecular weight is 233 g/mol. The van der Waals surface area contributed by atoms with Crippen LogP contribution in [0.3, 0.4) is 0 Å². The van der Waals surface area contributed by atoms with Crippen molar-refractivity contribution < 1.29 is 5.11 Å². The van der Waals surface area contributed by atoms with Gasteiger partial charge in [-0.05, 0) is 49.8 Å². The molecule has 1 aromatic carbocycles. The van der Waals surface area contributed by atoms with E-state index in [4.69, 9.17) is 0 Å². The Kier molecular flexibility index (Phi) is 4.06. The Morgan fingerprint density at radius 1 is 1.24 bits per heavy atom. The number of hydrogen-bond acceptors (Lipinski definition) is 2. The molecule has 1 saturated carbocycles. The SMILES string of the molecule is CC[C@@H](O)c1ccc(N(CC)CC2CC2)cc1. The second-order valence-electron chi connectivity index (χ2n) is 5.00. The van der Waals surface area contributed by atoms with Crippen molar-refractivity contribution in [3.05, 3.63) is 29.8 Å². The summed E-state index contributed by atoms with van der Waals surface area (Å²) in [4.78, 5) is 2.43. The normalized spacial score (nSPS) is 16.9. The molecule has 0 aromatic heterocycles. The molecule has 0 heterocycles. The predicted molar refractivity (Wildman–Crippen MR) is 72.3 cm³/mol. The first-order valence-corrected chi connectivity index (χ1v) is 6.77. The summed E-state index contributed by atoms with van der Waals surface area (Å²) in [5, 5.41) is 9.76. The zero-order chi connectivity index (χ0) is 12.3. The number of anilines is 1. The van der Waals surface area contributed by atoms with Gasteiger partial charge in [0, 0.05) is 18.8 Å². The van der Waals surface area contributed by atoms with Gasteiger partial charge < -0.3 is 10.0 Å². The second kappa shape index (κ2) is 5.54. The van der Waals surface area contributed by atoms with Crippen molar-refractivity contribution in [3.8, 4) is 0 Å². The van der Waals surface area contributed by atoms with Crippen LogP contribution in [0.4, 0.5) is 5.69 Å². The minimum absolute atomic E-state index is 0.317. The molecule has 1 aromatic rings. The van der Waals surface area contributed by atoms with Gasteiger partial charge in [0.2, 0.25) is 0 Å². The van der Waals surface area contributed by atoms with Crippen LogP contribution in [0.25, 0.3) is 0 Å². The fraction of sp³-hybridized carbons (Fsp3) is 0.600. The summed E-state index contributed by atoms with van der Waals surface area (Å²) in [6, 6.07) is 8.39. The van der Waals surface area contributed by atoms with Crippen molar-refractivity contribution in [2.75, 3.05) is 18.0 Å². The van der Waals surface area contributed by atoms with E-state index < -0.39 is 0 Å². The van der Waals surface area contributed by atoms with E-state index in [-0.39, 0.29) is 6.10 Å². The zero-order valence-electron chi connectivity index (χ0n) is 10.9. The van der Waals surface area contributed by atoms with Crippen molar-refractivity contribution in [1.29, 1.82) is 0 Å². The topological polar surface area (TPSA) is 23.5 Å². The van der Waals surface area contributed by atoms with Gasteiger partial charge >= 0.3 is 0 Å². The highest BCUT2D eigenvalue weighted by atomic mass is 16.3. The molecular weight excluding hydrogens is 210 g/mol. The van der Waals surface area contributed by atoms with Crippen molar-refractivity contribution in [2.45, 2.75) is 39.2 Å². The van der Waals surface area contributed by atoms with Gasteiger partial charge in [-0.3, -0.25) is 0 Å². The van der Waals surface area contributed by atoms with Gasteiger partial charge in [-0.1, -0.05) is 19.1 Å². The van der Waals surface area contributed by atoms with Crippen LogP contribution in [0.15, 0.2) is 24.3 Å². The van der Waals surface area contributed by atoms with Gasteiger partial charge in [0.1, 0.15) is 0 Å². The molecule has 2 heteroatoms. The first-order chi connectivity index (χ1) is 8.24. The smallest absolute Gasteiger partial charge is 0.0787 e. The molecule has 0 aliphatic heterocycles. The third kappa shape index (κ3) is 3.22. The lowest BCUT2D eigenvalue weighted by Crippen LogP contribution is -2.25. The number of rotatable bonds is 6. The molecule has 1 N–H and O–H groups in total. The van der Waals surface area contributed by atoms with E-state index in [0.717, 1.165) is 24.4 Å². The maximum absolute atomic E-state index is 9.76. The van der Waals surface area contributed by atoms with Gasteiger partial charge in [0.25, 0.3) is 0 Å². The van der Waals surface area contributed by atoms with Gasteiger partial charge in [0.15, 0.2) is 0 Å². The first kappa shape index (κ1) is 12.4. The largest absolute Gasteiger partial charge is 0.388 e. The van der Waals surface area contributed by atoms with Crippen LogP contribution in [0, 0.1) is 5.92 Å². The van der Waals surface area contributed by atoms with Crippen LogP contribution in [-0.2, 0) is 0 Å². The molecule has 17 heavy (non-hydrogen) atoms. The summed E-state index contributed by atoms with van der Waals surface area (Å²) in [5.74, 6) is 0.913. The maximum atomic E-state index is 9.76. The molecule has 0 spiro atoms. The Balaban J connectivity index is 2.04. The lowest BCUT2D eigenvalue weighted by atomic mass is 10.1. The number of aliphatic hydroxyl groups excluding tert-OH is 1. The molecule has 1 aliphatic rings. The molecule has 0 amide bonds. The highest BCUT2D eigenvalue weighted by Crippen LogP contribution is 2.31. The van der Waals surface area contributed by atoms with Crippen molar-refractivity contribution in [1.82, 2.24) is 0 Å². The van der Waals surface area contributed by atoms with Crippen molar-refractivity contribution in [2.24, 2.45) is 5.92 Å². The average Bonchev–Trinajstić information content (AvgIpc) is 3.19.